The maximum atomic E-state index is 12.2. The number of benzene rings is 1. The second kappa shape index (κ2) is 5.87. The summed E-state index contributed by atoms with van der Waals surface area (Å²) in [5.41, 5.74) is 3.34. The molecule has 0 saturated heterocycles. The van der Waals surface area contributed by atoms with E-state index in [1.807, 2.05) is 0 Å². The summed E-state index contributed by atoms with van der Waals surface area (Å²) in [5.74, 6) is -0.0158. The second-order valence-corrected chi connectivity index (χ2v) is 5.78. The summed E-state index contributed by atoms with van der Waals surface area (Å²) in [6.07, 6.45) is 0.862. The van der Waals surface area contributed by atoms with E-state index in [0.29, 0.717) is 23.3 Å². The molecule has 0 unspecified atom stereocenters. The Labute approximate surface area is 130 Å². The molecule has 4 N–H and O–H groups in total. The van der Waals surface area contributed by atoms with Gasteiger partial charge in [-0.3, -0.25) is 9.89 Å². The Morgan fingerprint density at radius 1 is 1.48 bits per heavy atom. The number of carbonyl (C=O) groups excluding carboxylic acids is 1. The fraction of sp³-hybridized carbons (Fsp3) is 0.286. The van der Waals surface area contributed by atoms with Crippen LogP contribution in [-0.4, -0.2) is 27.8 Å². The molecule has 110 valence electrons. The van der Waals surface area contributed by atoms with Gasteiger partial charge in [-0.2, -0.15) is 5.10 Å². The number of nitrogens with zero attached hydrogens (tertiary/aromatic N) is 1. The fourth-order valence-electron chi connectivity index (χ4n) is 2.34. The van der Waals surface area contributed by atoms with E-state index in [4.69, 9.17) is 0 Å². The number of fused-ring (bicyclic) bond motifs is 1. The zero-order valence-corrected chi connectivity index (χ0v) is 12.8. The second-order valence-electron chi connectivity index (χ2n) is 4.92. The van der Waals surface area contributed by atoms with E-state index in [0.717, 1.165) is 29.8 Å². The Balaban J connectivity index is 1.69. The van der Waals surface area contributed by atoms with Crippen LogP contribution in [0.3, 0.4) is 0 Å². The van der Waals surface area contributed by atoms with Gasteiger partial charge in [0.2, 0.25) is 0 Å². The average Bonchev–Trinajstić information content (AvgIpc) is 2.92. The first kappa shape index (κ1) is 14.1. The number of carbonyl (C=O) groups is 1. The first-order valence-electron chi connectivity index (χ1n) is 6.67. The van der Waals surface area contributed by atoms with E-state index in [1.54, 1.807) is 18.2 Å². The highest BCUT2D eigenvalue weighted by Crippen LogP contribution is 2.24. The quantitative estimate of drug-likeness (QED) is 0.674. The molecule has 0 atom stereocenters. The standard InChI is InChI=1S/C14H15BrN4O2/c15-10-5-8(1-2-12(10)20)6-17-14(21)13-9-7-16-4-3-11(9)18-19-13/h1-2,5,16,20H,3-4,6-7H2,(H,17,21)(H,18,19). The Bertz CT molecular complexity index is 684. The van der Waals surface area contributed by atoms with Crippen molar-refractivity contribution >= 4 is 21.8 Å². The van der Waals surface area contributed by atoms with Gasteiger partial charge in [0.1, 0.15) is 5.75 Å². The van der Waals surface area contributed by atoms with Gasteiger partial charge in [0.15, 0.2) is 5.69 Å². The van der Waals surface area contributed by atoms with Crippen LogP contribution in [0.15, 0.2) is 22.7 Å². The average molecular weight is 351 g/mol. The molecular formula is C14H15BrN4O2. The molecule has 3 rings (SSSR count). The molecule has 6 nitrogen and oxygen atoms in total. The van der Waals surface area contributed by atoms with Crippen molar-refractivity contribution in [3.8, 4) is 5.75 Å². The van der Waals surface area contributed by atoms with Crippen molar-refractivity contribution in [2.24, 2.45) is 0 Å². The molecule has 0 spiro atoms. The minimum atomic E-state index is -0.194. The van der Waals surface area contributed by atoms with E-state index in [-0.39, 0.29) is 11.7 Å². The molecule has 2 heterocycles. The lowest BCUT2D eigenvalue weighted by Gasteiger charge is -2.13. The van der Waals surface area contributed by atoms with E-state index in [9.17, 15) is 9.90 Å². The highest BCUT2D eigenvalue weighted by atomic mass is 79.9. The molecule has 21 heavy (non-hydrogen) atoms. The van der Waals surface area contributed by atoms with Crippen molar-refractivity contribution in [1.82, 2.24) is 20.8 Å². The van der Waals surface area contributed by atoms with Crippen molar-refractivity contribution < 1.29 is 9.90 Å². The Morgan fingerprint density at radius 3 is 3.14 bits per heavy atom. The predicted octanol–water partition coefficient (Wildman–Crippen LogP) is 1.45. The van der Waals surface area contributed by atoms with E-state index >= 15 is 0 Å². The maximum Gasteiger partial charge on any atom is 0.272 e. The van der Waals surface area contributed by atoms with E-state index < -0.39 is 0 Å². The lowest BCUT2D eigenvalue weighted by atomic mass is 10.1. The summed E-state index contributed by atoms with van der Waals surface area (Å²) >= 11 is 3.25. The van der Waals surface area contributed by atoms with Crippen molar-refractivity contribution in [2.75, 3.05) is 6.54 Å². The lowest BCUT2D eigenvalue weighted by molar-refractivity contribution is 0.0944. The van der Waals surface area contributed by atoms with Gasteiger partial charge >= 0.3 is 0 Å². The molecule has 2 aromatic rings. The van der Waals surface area contributed by atoms with Gasteiger partial charge in [-0.15, -0.1) is 0 Å². The van der Waals surface area contributed by atoms with Crippen LogP contribution in [0, 0.1) is 0 Å². The number of amides is 1. The van der Waals surface area contributed by atoms with Gasteiger partial charge < -0.3 is 15.7 Å². The van der Waals surface area contributed by atoms with Crippen LogP contribution in [0.4, 0.5) is 0 Å². The van der Waals surface area contributed by atoms with Gasteiger partial charge in [0.05, 0.1) is 4.47 Å². The number of nitrogens with one attached hydrogen (secondary N) is 3. The summed E-state index contributed by atoms with van der Waals surface area (Å²) in [4.78, 5) is 12.2. The van der Waals surface area contributed by atoms with Crippen LogP contribution in [0.25, 0.3) is 0 Å². The van der Waals surface area contributed by atoms with Gasteiger partial charge in [-0.25, -0.2) is 0 Å². The number of H-pyrrole nitrogens is 1. The maximum absolute atomic E-state index is 12.2. The number of halogens is 1. The summed E-state index contributed by atoms with van der Waals surface area (Å²) < 4.78 is 0.607. The van der Waals surface area contributed by atoms with Crippen LogP contribution in [0.2, 0.25) is 0 Å². The van der Waals surface area contributed by atoms with Crippen LogP contribution in [0.5, 0.6) is 5.75 Å². The number of hydrogen-bond acceptors (Lipinski definition) is 4. The molecule has 1 aromatic carbocycles. The van der Waals surface area contributed by atoms with Crippen molar-refractivity contribution in [2.45, 2.75) is 19.5 Å². The minimum Gasteiger partial charge on any atom is -0.507 e. The molecule has 1 amide bonds. The fourth-order valence-corrected chi connectivity index (χ4v) is 2.77. The highest BCUT2D eigenvalue weighted by molar-refractivity contribution is 9.10. The van der Waals surface area contributed by atoms with Gasteiger partial charge in [0, 0.05) is 37.3 Å². The number of hydrogen-bond donors (Lipinski definition) is 4. The third kappa shape index (κ3) is 2.93. The third-order valence-corrected chi connectivity index (χ3v) is 4.12. The largest absolute Gasteiger partial charge is 0.507 e. The molecule has 0 fully saturated rings. The van der Waals surface area contributed by atoms with Gasteiger partial charge in [-0.1, -0.05) is 6.07 Å². The van der Waals surface area contributed by atoms with Crippen LogP contribution in [-0.2, 0) is 19.5 Å². The number of aromatic nitrogens is 2. The highest BCUT2D eigenvalue weighted by Gasteiger charge is 2.21. The van der Waals surface area contributed by atoms with Gasteiger partial charge in [0.25, 0.3) is 5.91 Å². The zero-order chi connectivity index (χ0) is 14.8. The van der Waals surface area contributed by atoms with Crippen molar-refractivity contribution in [1.29, 1.82) is 0 Å². The Hall–Kier alpha value is -1.86. The molecule has 1 aliphatic heterocycles. The minimum absolute atomic E-state index is 0.178. The SMILES string of the molecule is O=C(NCc1ccc(O)c(Br)c1)c1n[nH]c2c1CNCC2. The molecule has 0 aliphatic carbocycles. The Kier molecular flexibility index (Phi) is 3.94. The monoisotopic (exact) mass is 350 g/mol. The number of phenols is 1. The van der Waals surface area contributed by atoms with Crippen LogP contribution < -0.4 is 10.6 Å². The summed E-state index contributed by atoms with van der Waals surface area (Å²) in [6, 6.07) is 5.13. The molecule has 0 radical (unpaired) electrons. The summed E-state index contributed by atoms with van der Waals surface area (Å²) in [5, 5.41) is 22.6. The van der Waals surface area contributed by atoms with Crippen LogP contribution in [0.1, 0.15) is 27.3 Å². The molecular weight excluding hydrogens is 336 g/mol. The smallest absolute Gasteiger partial charge is 0.272 e. The number of rotatable bonds is 3. The molecule has 0 saturated carbocycles. The zero-order valence-electron chi connectivity index (χ0n) is 11.2. The first-order valence-corrected chi connectivity index (χ1v) is 7.47. The summed E-state index contributed by atoms with van der Waals surface area (Å²) in [7, 11) is 0. The normalized spacial score (nSPS) is 13.8. The van der Waals surface area contributed by atoms with Gasteiger partial charge in [-0.05, 0) is 33.6 Å². The molecule has 0 bridgehead atoms. The first-order chi connectivity index (χ1) is 10.1. The lowest BCUT2D eigenvalue weighted by Crippen LogP contribution is -2.28. The van der Waals surface area contributed by atoms with Crippen molar-refractivity contribution in [3.63, 3.8) is 0 Å². The molecule has 1 aromatic heterocycles. The van der Waals surface area contributed by atoms with E-state index in [1.165, 1.54) is 0 Å². The third-order valence-electron chi connectivity index (χ3n) is 3.49. The summed E-state index contributed by atoms with van der Waals surface area (Å²) in [6.45, 7) is 1.95. The number of aromatic hydroxyl groups is 1. The predicted molar refractivity (Wildman–Crippen MR) is 81.0 cm³/mol. The van der Waals surface area contributed by atoms with E-state index in [2.05, 4.69) is 36.8 Å². The van der Waals surface area contributed by atoms with Crippen molar-refractivity contribution in [3.05, 3.63) is 45.2 Å². The van der Waals surface area contributed by atoms with Crippen LogP contribution >= 0.6 is 15.9 Å². The topological polar surface area (TPSA) is 90.0 Å². The number of aromatic amines is 1. The molecule has 1 aliphatic rings. The molecule has 7 heteroatoms. The Morgan fingerprint density at radius 2 is 2.33 bits per heavy atom. The number of phenolic OH excluding ortho intramolecular Hbond substituents is 1.